The van der Waals surface area contributed by atoms with Crippen molar-refractivity contribution in [1.82, 2.24) is 10.2 Å². The lowest BCUT2D eigenvalue weighted by Gasteiger charge is -2.40. The number of likely N-dealkylation sites (N-methyl/N-ethyl adjacent to an activating group) is 1. The molecule has 1 aliphatic heterocycles. The zero-order valence-corrected chi connectivity index (χ0v) is 12.0. The molecule has 19 heavy (non-hydrogen) atoms. The maximum absolute atomic E-state index is 9.45. The number of benzene rings is 1. The molecule has 4 heteroatoms. The van der Waals surface area contributed by atoms with E-state index in [0.717, 1.165) is 32.7 Å². The molecule has 0 aliphatic carbocycles. The fraction of sp³-hybridized carbons (Fsp3) is 0.600. The second-order valence-electron chi connectivity index (χ2n) is 5.57. The Kier molecular flexibility index (Phi) is 4.80. The van der Waals surface area contributed by atoms with Gasteiger partial charge in [-0.05, 0) is 26.1 Å². The first-order valence-corrected chi connectivity index (χ1v) is 6.99. The zero-order chi connectivity index (χ0) is 13.7. The van der Waals surface area contributed by atoms with E-state index in [2.05, 4.69) is 52.4 Å². The predicted molar refractivity (Wildman–Crippen MR) is 79.6 cm³/mol. The molecular formula is C15H25N3O. The van der Waals surface area contributed by atoms with Crippen LogP contribution in [0.25, 0.3) is 0 Å². The monoisotopic (exact) mass is 263 g/mol. The normalized spacial score (nSPS) is 20.3. The van der Waals surface area contributed by atoms with Gasteiger partial charge in [-0.2, -0.15) is 0 Å². The van der Waals surface area contributed by atoms with Crippen LogP contribution in [0.4, 0.5) is 5.69 Å². The molecule has 2 rings (SSSR count). The number of piperazine rings is 1. The van der Waals surface area contributed by atoms with Crippen molar-refractivity contribution in [2.45, 2.75) is 12.5 Å². The molecule has 0 amide bonds. The smallest absolute Gasteiger partial charge is 0.0623 e. The molecule has 0 bridgehead atoms. The molecule has 4 nitrogen and oxygen atoms in total. The van der Waals surface area contributed by atoms with Gasteiger partial charge in [0.15, 0.2) is 0 Å². The Bertz CT molecular complexity index is 370. The van der Waals surface area contributed by atoms with Crippen LogP contribution >= 0.6 is 0 Å². The highest BCUT2D eigenvalue weighted by Crippen LogP contribution is 2.16. The van der Waals surface area contributed by atoms with Crippen molar-refractivity contribution in [3.8, 4) is 0 Å². The van der Waals surface area contributed by atoms with Gasteiger partial charge in [0.2, 0.25) is 0 Å². The van der Waals surface area contributed by atoms with Crippen LogP contribution in [0.1, 0.15) is 6.92 Å². The van der Waals surface area contributed by atoms with E-state index < -0.39 is 0 Å². The summed E-state index contributed by atoms with van der Waals surface area (Å²) in [6.45, 7) is 7.32. The largest absolute Gasteiger partial charge is 0.394 e. The van der Waals surface area contributed by atoms with Crippen molar-refractivity contribution in [1.29, 1.82) is 0 Å². The van der Waals surface area contributed by atoms with Gasteiger partial charge < -0.3 is 15.3 Å². The molecule has 1 aromatic carbocycles. The highest BCUT2D eigenvalue weighted by molar-refractivity contribution is 5.46. The Morgan fingerprint density at radius 2 is 1.79 bits per heavy atom. The second kappa shape index (κ2) is 6.37. The molecule has 1 unspecified atom stereocenters. The fourth-order valence-electron chi connectivity index (χ4n) is 2.50. The summed E-state index contributed by atoms with van der Waals surface area (Å²) in [5, 5.41) is 12.7. The number of para-hydroxylation sites is 1. The highest BCUT2D eigenvalue weighted by Gasteiger charge is 2.26. The molecule has 1 heterocycles. The molecule has 1 atom stereocenters. The SMILES string of the molecule is CNC(C)(CO)CN1CCN(c2ccccc2)CC1. The lowest BCUT2D eigenvalue weighted by molar-refractivity contribution is 0.122. The summed E-state index contributed by atoms with van der Waals surface area (Å²) < 4.78 is 0. The summed E-state index contributed by atoms with van der Waals surface area (Å²) in [7, 11) is 1.91. The van der Waals surface area contributed by atoms with Crippen molar-refractivity contribution >= 4 is 5.69 Å². The number of nitrogens with zero attached hydrogens (tertiary/aromatic N) is 2. The van der Waals surface area contributed by atoms with Crippen molar-refractivity contribution in [3.63, 3.8) is 0 Å². The third-order valence-corrected chi connectivity index (χ3v) is 4.02. The number of aliphatic hydroxyl groups is 1. The molecule has 106 valence electrons. The van der Waals surface area contributed by atoms with Crippen LogP contribution < -0.4 is 10.2 Å². The van der Waals surface area contributed by atoms with Crippen LogP contribution in [-0.4, -0.2) is 61.9 Å². The summed E-state index contributed by atoms with van der Waals surface area (Å²) in [5.74, 6) is 0. The topological polar surface area (TPSA) is 38.7 Å². The van der Waals surface area contributed by atoms with Crippen LogP contribution in [-0.2, 0) is 0 Å². The lowest BCUT2D eigenvalue weighted by atomic mass is 10.0. The highest BCUT2D eigenvalue weighted by atomic mass is 16.3. The van der Waals surface area contributed by atoms with Crippen LogP contribution in [0.3, 0.4) is 0 Å². The number of rotatable bonds is 5. The Morgan fingerprint density at radius 1 is 1.16 bits per heavy atom. The van der Waals surface area contributed by atoms with Gasteiger partial charge in [-0.1, -0.05) is 18.2 Å². The van der Waals surface area contributed by atoms with E-state index in [1.54, 1.807) is 0 Å². The molecular weight excluding hydrogens is 238 g/mol. The van der Waals surface area contributed by atoms with Gasteiger partial charge in [-0.15, -0.1) is 0 Å². The van der Waals surface area contributed by atoms with Crippen LogP contribution in [0.5, 0.6) is 0 Å². The maximum atomic E-state index is 9.45. The van der Waals surface area contributed by atoms with E-state index in [1.165, 1.54) is 5.69 Å². The molecule has 1 aliphatic rings. The van der Waals surface area contributed by atoms with E-state index in [1.807, 2.05) is 7.05 Å². The van der Waals surface area contributed by atoms with E-state index >= 15 is 0 Å². The third kappa shape index (κ3) is 3.69. The molecule has 1 fully saturated rings. The molecule has 2 N–H and O–H groups in total. The van der Waals surface area contributed by atoms with Gasteiger partial charge in [-0.25, -0.2) is 0 Å². The van der Waals surface area contributed by atoms with E-state index in [4.69, 9.17) is 0 Å². The summed E-state index contributed by atoms with van der Waals surface area (Å²) in [6, 6.07) is 10.6. The van der Waals surface area contributed by atoms with Crippen LogP contribution in [0.2, 0.25) is 0 Å². The van der Waals surface area contributed by atoms with Crippen LogP contribution in [0.15, 0.2) is 30.3 Å². The van der Waals surface area contributed by atoms with Gasteiger partial charge in [0.05, 0.1) is 12.1 Å². The lowest BCUT2D eigenvalue weighted by Crippen LogP contribution is -2.56. The number of hydrogen-bond donors (Lipinski definition) is 2. The summed E-state index contributed by atoms with van der Waals surface area (Å²) in [4.78, 5) is 4.85. The Hall–Kier alpha value is -1.10. The minimum atomic E-state index is -0.199. The first kappa shape index (κ1) is 14.3. The average molecular weight is 263 g/mol. The summed E-state index contributed by atoms with van der Waals surface area (Å²) in [5.41, 5.74) is 1.11. The minimum Gasteiger partial charge on any atom is -0.394 e. The number of hydrogen-bond acceptors (Lipinski definition) is 4. The van der Waals surface area contributed by atoms with Crippen molar-refractivity contribution in [3.05, 3.63) is 30.3 Å². The molecule has 0 aromatic heterocycles. The number of nitrogens with one attached hydrogen (secondary N) is 1. The third-order valence-electron chi connectivity index (χ3n) is 4.02. The second-order valence-corrected chi connectivity index (χ2v) is 5.57. The average Bonchev–Trinajstić information content (AvgIpc) is 2.49. The maximum Gasteiger partial charge on any atom is 0.0623 e. The molecule has 0 saturated carbocycles. The molecule has 1 saturated heterocycles. The van der Waals surface area contributed by atoms with Crippen molar-refractivity contribution in [2.75, 3.05) is 51.3 Å². The predicted octanol–water partition coefficient (Wildman–Crippen LogP) is 0.779. The summed E-state index contributed by atoms with van der Waals surface area (Å²) >= 11 is 0. The first-order chi connectivity index (χ1) is 9.17. The summed E-state index contributed by atoms with van der Waals surface area (Å²) in [6.07, 6.45) is 0. The molecule has 0 radical (unpaired) electrons. The Balaban J connectivity index is 1.86. The minimum absolute atomic E-state index is 0.169. The van der Waals surface area contributed by atoms with Gasteiger partial charge in [0, 0.05) is 38.4 Å². The Labute approximate surface area is 116 Å². The van der Waals surface area contributed by atoms with Gasteiger partial charge in [-0.3, -0.25) is 4.90 Å². The van der Waals surface area contributed by atoms with Crippen LogP contribution in [0, 0.1) is 0 Å². The Morgan fingerprint density at radius 3 is 2.32 bits per heavy atom. The van der Waals surface area contributed by atoms with Gasteiger partial charge in [0.25, 0.3) is 0 Å². The molecule has 1 aromatic rings. The van der Waals surface area contributed by atoms with Gasteiger partial charge >= 0.3 is 0 Å². The van der Waals surface area contributed by atoms with E-state index in [-0.39, 0.29) is 12.1 Å². The first-order valence-electron chi connectivity index (χ1n) is 6.99. The van der Waals surface area contributed by atoms with Crippen molar-refractivity contribution < 1.29 is 5.11 Å². The molecule has 0 spiro atoms. The number of aliphatic hydroxyl groups excluding tert-OH is 1. The van der Waals surface area contributed by atoms with Gasteiger partial charge in [0.1, 0.15) is 0 Å². The quantitative estimate of drug-likeness (QED) is 0.823. The zero-order valence-electron chi connectivity index (χ0n) is 12.0. The van der Waals surface area contributed by atoms with E-state index in [0.29, 0.717) is 0 Å². The van der Waals surface area contributed by atoms with Crippen molar-refractivity contribution in [2.24, 2.45) is 0 Å². The standard InChI is InChI=1S/C15H25N3O/c1-15(13-19,16-2)12-17-8-10-18(11-9-17)14-6-4-3-5-7-14/h3-7,16,19H,8-13H2,1-2H3. The fourth-order valence-corrected chi connectivity index (χ4v) is 2.50. The van der Waals surface area contributed by atoms with E-state index in [9.17, 15) is 5.11 Å². The number of anilines is 1.